The molecule has 172 valence electrons. The van der Waals surface area contributed by atoms with Crippen LogP contribution in [-0.4, -0.2) is 52.3 Å². The molecule has 4 rings (SSSR count). The number of halogens is 3. The van der Waals surface area contributed by atoms with E-state index in [1.807, 2.05) is 0 Å². The van der Waals surface area contributed by atoms with E-state index in [0.29, 0.717) is 0 Å². The third kappa shape index (κ3) is 3.69. The molecular weight excluding hydrogens is 429 g/mol. The van der Waals surface area contributed by atoms with Gasteiger partial charge in [0.05, 0.1) is 11.1 Å². The van der Waals surface area contributed by atoms with E-state index in [4.69, 9.17) is 5.73 Å². The number of rotatable bonds is 4. The fourth-order valence-electron chi connectivity index (χ4n) is 4.69. The first-order chi connectivity index (χ1) is 15.0. The molecule has 0 radical (unpaired) electrons. The second-order valence-corrected chi connectivity index (χ2v) is 8.56. The van der Waals surface area contributed by atoms with E-state index >= 15 is 0 Å². The van der Waals surface area contributed by atoms with Gasteiger partial charge in [-0.25, -0.2) is 0 Å². The Labute approximate surface area is 181 Å². The zero-order valence-electron chi connectivity index (χ0n) is 17.1. The van der Waals surface area contributed by atoms with Crippen molar-refractivity contribution < 1.29 is 32.3 Å². The molecule has 1 saturated heterocycles. The highest BCUT2D eigenvalue weighted by Crippen LogP contribution is 2.42. The number of piperidine rings is 1. The topological polar surface area (TPSA) is 122 Å². The van der Waals surface area contributed by atoms with Gasteiger partial charge in [-0.2, -0.15) is 13.2 Å². The van der Waals surface area contributed by atoms with Gasteiger partial charge in [-0.1, -0.05) is 12.1 Å². The maximum atomic E-state index is 13.9. The van der Waals surface area contributed by atoms with Crippen LogP contribution in [0.5, 0.6) is 0 Å². The number of carbonyl (C=O) groups is 4. The Bertz CT molecular complexity index is 986. The highest BCUT2D eigenvalue weighted by atomic mass is 19.4. The van der Waals surface area contributed by atoms with Crippen molar-refractivity contribution in [1.82, 2.24) is 15.5 Å². The molecule has 2 fully saturated rings. The summed E-state index contributed by atoms with van der Waals surface area (Å²) in [5.74, 6) is -2.68. The number of carbonyl (C=O) groups excluding carboxylic acids is 4. The monoisotopic (exact) mass is 452 g/mol. The van der Waals surface area contributed by atoms with Crippen LogP contribution in [0.25, 0.3) is 0 Å². The first-order valence-electron chi connectivity index (χ1n) is 10.4. The SMILES string of the molecule is NC1CCC(NCc2cccc3c2C(=O)N(C2CCC(=O)NC2=O)C3=O)(C(F)(F)F)CC1. The van der Waals surface area contributed by atoms with Gasteiger partial charge >= 0.3 is 6.18 Å². The zero-order chi connectivity index (χ0) is 23.3. The predicted octanol–water partition coefficient (Wildman–Crippen LogP) is 1.38. The summed E-state index contributed by atoms with van der Waals surface area (Å²) in [4.78, 5) is 50.4. The minimum atomic E-state index is -4.51. The Morgan fingerprint density at radius 1 is 1.09 bits per heavy atom. The molecule has 0 spiro atoms. The molecule has 2 aliphatic heterocycles. The summed E-state index contributed by atoms with van der Waals surface area (Å²) in [6, 6.07) is 2.97. The standard InChI is InChI=1S/C21H23F3N4O4/c22-21(23,24)20(8-6-12(25)7-9-20)26-10-11-2-1-3-13-16(11)19(32)28(18(13)31)14-4-5-15(29)27-17(14)30/h1-3,12,14,26H,4-10,25H2,(H,27,29,30). The van der Waals surface area contributed by atoms with Crippen LogP contribution in [0.1, 0.15) is 64.8 Å². The van der Waals surface area contributed by atoms with Gasteiger partial charge in [-0.05, 0) is 43.7 Å². The third-order valence-electron chi connectivity index (χ3n) is 6.60. The van der Waals surface area contributed by atoms with Crippen molar-refractivity contribution in [2.24, 2.45) is 5.73 Å². The number of nitrogens with zero attached hydrogens (tertiary/aromatic N) is 1. The average Bonchev–Trinajstić information content (AvgIpc) is 2.98. The summed E-state index contributed by atoms with van der Waals surface area (Å²) >= 11 is 0. The number of amides is 4. The van der Waals surface area contributed by atoms with E-state index in [1.165, 1.54) is 18.2 Å². The zero-order valence-corrected chi connectivity index (χ0v) is 17.1. The van der Waals surface area contributed by atoms with Gasteiger partial charge in [0.1, 0.15) is 11.6 Å². The van der Waals surface area contributed by atoms with Gasteiger partial charge in [-0.3, -0.25) is 34.7 Å². The Morgan fingerprint density at radius 2 is 1.78 bits per heavy atom. The number of benzene rings is 1. The molecule has 1 atom stereocenters. The molecule has 1 aromatic carbocycles. The minimum Gasteiger partial charge on any atom is -0.328 e. The second kappa shape index (κ2) is 7.96. The average molecular weight is 452 g/mol. The van der Waals surface area contributed by atoms with Gasteiger partial charge in [0.2, 0.25) is 11.8 Å². The number of alkyl halides is 3. The molecule has 1 unspecified atom stereocenters. The number of hydrogen-bond donors (Lipinski definition) is 3. The molecule has 3 aliphatic rings. The lowest BCUT2D eigenvalue weighted by Crippen LogP contribution is -2.59. The Hall–Kier alpha value is -2.79. The number of imide groups is 2. The van der Waals surface area contributed by atoms with E-state index in [-0.39, 0.29) is 67.8 Å². The van der Waals surface area contributed by atoms with Crippen LogP contribution in [0.4, 0.5) is 13.2 Å². The van der Waals surface area contributed by atoms with Crippen molar-refractivity contribution in [3.8, 4) is 0 Å². The van der Waals surface area contributed by atoms with Crippen LogP contribution in [0.15, 0.2) is 18.2 Å². The van der Waals surface area contributed by atoms with Gasteiger partial charge in [0.15, 0.2) is 0 Å². The minimum absolute atomic E-state index is 0.00115. The van der Waals surface area contributed by atoms with Gasteiger partial charge in [-0.15, -0.1) is 0 Å². The number of nitrogens with two attached hydrogens (primary N) is 1. The molecular formula is C21H23F3N4O4. The fourth-order valence-corrected chi connectivity index (χ4v) is 4.69. The van der Waals surface area contributed by atoms with Crippen LogP contribution in [-0.2, 0) is 16.1 Å². The molecule has 2 heterocycles. The molecule has 11 heteroatoms. The predicted molar refractivity (Wildman–Crippen MR) is 105 cm³/mol. The summed E-state index contributed by atoms with van der Waals surface area (Å²) in [6.45, 7) is -0.278. The molecule has 4 N–H and O–H groups in total. The van der Waals surface area contributed by atoms with E-state index in [2.05, 4.69) is 10.6 Å². The van der Waals surface area contributed by atoms with Crippen molar-refractivity contribution in [3.63, 3.8) is 0 Å². The summed E-state index contributed by atoms with van der Waals surface area (Å²) in [7, 11) is 0. The number of nitrogens with one attached hydrogen (secondary N) is 2. The third-order valence-corrected chi connectivity index (χ3v) is 6.60. The van der Waals surface area contributed by atoms with Crippen molar-refractivity contribution in [1.29, 1.82) is 0 Å². The molecule has 32 heavy (non-hydrogen) atoms. The molecule has 0 bridgehead atoms. The summed E-state index contributed by atoms with van der Waals surface area (Å²) in [5, 5.41) is 4.71. The smallest absolute Gasteiger partial charge is 0.328 e. The maximum Gasteiger partial charge on any atom is 0.406 e. The van der Waals surface area contributed by atoms with Gasteiger partial charge in [0.25, 0.3) is 11.8 Å². The van der Waals surface area contributed by atoms with E-state index in [9.17, 15) is 32.3 Å². The number of hydrogen-bond acceptors (Lipinski definition) is 6. The lowest BCUT2D eigenvalue weighted by atomic mass is 9.78. The van der Waals surface area contributed by atoms with Crippen LogP contribution >= 0.6 is 0 Å². The summed E-state index contributed by atoms with van der Waals surface area (Å²) < 4.78 is 41.7. The van der Waals surface area contributed by atoms with Gasteiger partial charge in [0, 0.05) is 19.0 Å². The van der Waals surface area contributed by atoms with Crippen LogP contribution in [0, 0.1) is 0 Å². The molecule has 8 nitrogen and oxygen atoms in total. The fraction of sp³-hybridized carbons (Fsp3) is 0.524. The Balaban J connectivity index is 1.59. The summed E-state index contributed by atoms with van der Waals surface area (Å²) in [5.41, 5.74) is 3.92. The highest BCUT2D eigenvalue weighted by Gasteiger charge is 2.55. The van der Waals surface area contributed by atoms with Crippen molar-refractivity contribution in [3.05, 3.63) is 34.9 Å². The Kier molecular flexibility index (Phi) is 5.58. The quantitative estimate of drug-likeness (QED) is 0.594. The first kappa shape index (κ1) is 22.4. The largest absolute Gasteiger partial charge is 0.406 e. The lowest BCUT2D eigenvalue weighted by Gasteiger charge is -2.41. The molecule has 1 aromatic rings. The van der Waals surface area contributed by atoms with Crippen LogP contribution in [0.3, 0.4) is 0 Å². The molecule has 0 aromatic heterocycles. The first-order valence-corrected chi connectivity index (χ1v) is 10.4. The Morgan fingerprint density at radius 3 is 2.41 bits per heavy atom. The van der Waals surface area contributed by atoms with E-state index in [0.717, 1.165) is 4.90 Å². The van der Waals surface area contributed by atoms with Crippen molar-refractivity contribution in [2.75, 3.05) is 0 Å². The van der Waals surface area contributed by atoms with E-state index < -0.39 is 41.4 Å². The summed E-state index contributed by atoms with van der Waals surface area (Å²) in [6.07, 6.45) is -4.44. The van der Waals surface area contributed by atoms with Crippen molar-refractivity contribution in [2.45, 2.75) is 68.9 Å². The normalized spacial score (nSPS) is 28.7. The molecule has 4 amide bonds. The number of fused-ring (bicyclic) bond motifs is 1. The molecule has 1 saturated carbocycles. The van der Waals surface area contributed by atoms with Gasteiger partial charge < -0.3 is 5.73 Å². The maximum absolute atomic E-state index is 13.9. The van der Waals surface area contributed by atoms with Crippen LogP contribution < -0.4 is 16.4 Å². The lowest BCUT2D eigenvalue weighted by molar-refractivity contribution is -0.206. The van der Waals surface area contributed by atoms with E-state index in [1.54, 1.807) is 0 Å². The second-order valence-electron chi connectivity index (χ2n) is 8.56. The highest BCUT2D eigenvalue weighted by molar-refractivity contribution is 6.24. The van der Waals surface area contributed by atoms with Crippen LogP contribution in [0.2, 0.25) is 0 Å². The molecule has 1 aliphatic carbocycles. The van der Waals surface area contributed by atoms with Crippen molar-refractivity contribution >= 4 is 23.6 Å².